The van der Waals surface area contributed by atoms with Gasteiger partial charge in [-0.2, -0.15) is 0 Å². The van der Waals surface area contributed by atoms with Gasteiger partial charge in [0.15, 0.2) is 0 Å². The molecule has 0 amide bonds. The molecule has 24 heavy (non-hydrogen) atoms. The molecular formula is C20H29NO3. The molecule has 1 aromatic rings. The van der Waals surface area contributed by atoms with Crippen molar-refractivity contribution in [1.82, 2.24) is 4.90 Å². The molecule has 1 atom stereocenters. The molecule has 0 aromatic heterocycles. The van der Waals surface area contributed by atoms with Crippen molar-refractivity contribution in [3.63, 3.8) is 0 Å². The highest BCUT2D eigenvalue weighted by atomic mass is 16.5. The summed E-state index contributed by atoms with van der Waals surface area (Å²) in [4.78, 5) is 12.8. The molecule has 0 saturated heterocycles. The second kappa shape index (κ2) is 8.88. The van der Waals surface area contributed by atoms with Gasteiger partial charge in [-0.05, 0) is 49.1 Å². The number of ether oxygens (including phenoxy) is 1. The summed E-state index contributed by atoms with van der Waals surface area (Å²) in [6, 6.07) is 6.36. The first kappa shape index (κ1) is 18.5. The van der Waals surface area contributed by atoms with Gasteiger partial charge >= 0.3 is 5.97 Å². The van der Waals surface area contributed by atoms with E-state index in [0.29, 0.717) is 12.5 Å². The topological polar surface area (TPSA) is 49.8 Å². The smallest absolute Gasteiger partial charge is 0.304 e. The molecule has 132 valence electrons. The summed E-state index contributed by atoms with van der Waals surface area (Å²) in [5.74, 6) is 0.689. The van der Waals surface area contributed by atoms with Crippen LogP contribution in [0.25, 0.3) is 6.08 Å². The van der Waals surface area contributed by atoms with Gasteiger partial charge in [0.05, 0.1) is 13.0 Å². The molecule has 0 spiro atoms. The molecule has 2 rings (SSSR count). The monoisotopic (exact) mass is 331 g/mol. The zero-order chi connectivity index (χ0) is 17.5. The van der Waals surface area contributed by atoms with E-state index in [9.17, 15) is 4.79 Å². The van der Waals surface area contributed by atoms with Crippen LogP contribution >= 0.6 is 0 Å². The van der Waals surface area contributed by atoms with Crippen LogP contribution in [0.3, 0.4) is 0 Å². The van der Waals surface area contributed by atoms with E-state index >= 15 is 0 Å². The zero-order valence-electron chi connectivity index (χ0n) is 15.0. The summed E-state index contributed by atoms with van der Waals surface area (Å²) in [5.41, 5.74) is 3.97. The van der Waals surface area contributed by atoms with Crippen LogP contribution in [0.15, 0.2) is 23.8 Å². The minimum Gasteiger partial charge on any atom is -0.494 e. The maximum Gasteiger partial charge on any atom is 0.304 e. The Morgan fingerprint density at radius 2 is 2.21 bits per heavy atom. The quantitative estimate of drug-likeness (QED) is 0.698. The first-order chi connectivity index (χ1) is 11.5. The Morgan fingerprint density at radius 3 is 2.92 bits per heavy atom. The fraction of sp³-hybridized carbons (Fsp3) is 0.550. The Labute approximate surface area is 145 Å². The molecule has 0 aliphatic heterocycles. The molecule has 4 nitrogen and oxygen atoms in total. The van der Waals surface area contributed by atoms with E-state index in [1.54, 1.807) is 0 Å². The zero-order valence-corrected chi connectivity index (χ0v) is 15.0. The van der Waals surface area contributed by atoms with Gasteiger partial charge in [0.1, 0.15) is 5.75 Å². The van der Waals surface area contributed by atoms with Crippen molar-refractivity contribution in [2.45, 2.75) is 39.5 Å². The van der Waals surface area contributed by atoms with Gasteiger partial charge in [0.2, 0.25) is 0 Å². The van der Waals surface area contributed by atoms with Gasteiger partial charge in [-0.15, -0.1) is 0 Å². The van der Waals surface area contributed by atoms with Gasteiger partial charge in [-0.1, -0.05) is 38.0 Å². The first-order valence-electron chi connectivity index (χ1n) is 8.86. The van der Waals surface area contributed by atoms with E-state index in [1.807, 2.05) is 13.1 Å². The van der Waals surface area contributed by atoms with Crippen LogP contribution < -0.4 is 4.74 Å². The fourth-order valence-electron chi connectivity index (χ4n) is 3.01. The standard InChI is InChI=1S/C20H29NO3/c1-4-5-10-24-19-7-6-16-12-18(15(2)11-17(16)13-19)14-21(3)9-8-20(22)23/h6-7,12-13,15H,4-5,8-11,14H2,1-3H3,(H,22,23)/t15-/m0/s1. The molecule has 0 fully saturated rings. The summed E-state index contributed by atoms with van der Waals surface area (Å²) >= 11 is 0. The van der Waals surface area contributed by atoms with Gasteiger partial charge in [-0.3, -0.25) is 4.79 Å². The molecule has 0 bridgehead atoms. The normalized spacial score (nSPS) is 16.7. The third-order valence-corrected chi connectivity index (χ3v) is 4.54. The summed E-state index contributed by atoms with van der Waals surface area (Å²) in [6.07, 6.45) is 5.69. The lowest BCUT2D eigenvalue weighted by atomic mass is 9.84. The van der Waals surface area contributed by atoms with Crippen molar-refractivity contribution >= 4 is 12.0 Å². The highest BCUT2D eigenvalue weighted by Gasteiger charge is 2.19. The second-order valence-corrected chi connectivity index (χ2v) is 6.77. The molecule has 0 radical (unpaired) electrons. The highest BCUT2D eigenvalue weighted by molar-refractivity contribution is 5.67. The number of likely N-dealkylation sites (N-methyl/N-ethyl adjacent to an activating group) is 1. The average Bonchev–Trinajstić information content (AvgIpc) is 2.54. The van der Waals surface area contributed by atoms with Crippen LogP contribution in [0.1, 0.15) is 44.2 Å². The number of benzene rings is 1. The van der Waals surface area contributed by atoms with Gasteiger partial charge in [0.25, 0.3) is 0 Å². The average molecular weight is 331 g/mol. The summed E-state index contributed by atoms with van der Waals surface area (Å²) in [5, 5.41) is 8.80. The van der Waals surface area contributed by atoms with Crippen molar-refractivity contribution in [2.24, 2.45) is 5.92 Å². The number of nitrogens with zero attached hydrogens (tertiary/aromatic N) is 1. The second-order valence-electron chi connectivity index (χ2n) is 6.77. The number of carboxylic acids is 1. The van der Waals surface area contributed by atoms with Gasteiger partial charge < -0.3 is 14.7 Å². The van der Waals surface area contributed by atoms with Crippen molar-refractivity contribution in [2.75, 3.05) is 26.7 Å². The lowest BCUT2D eigenvalue weighted by Gasteiger charge is -2.27. The Kier molecular flexibility index (Phi) is 6.85. The van der Waals surface area contributed by atoms with Crippen LogP contribution in [0, 0.1) is 5.92 Å². The van der Waals surface area contributed by atoms with Crippen molar-refractivity contribution in [3.8, 4) is 5.75 Å². The van der Waals surface area contributed by atoms with E-state index < -0.39 is 5.97 Å². The van der Waals surface area contributed by atoms with Gasteiger partial charge in [-0.25, -0.2) is 0 Å². The Balaban J connectivity index is 2.02. The third-order valence-electron chi connectivity index (χ3n) is 4.54. The molecule has 0 saturated carbocycles. The van der Waals surface area contributed by atoms with E-state index in [1.165, 1.54) is 16.7 Å². The summed E-state index contributed by atoms with van der Waals surface area (Å²) < 4.78 is 5.81. The molecule has 0 heterocycles. The molecule has 1 aliphatic carbocycles. The van der Waals surface area contributed by atoms with Crippen LogP contribution in [0.5, 0.6) is 5.75 Å². The van der Waals surface area contributed by atoms with Crippen molar-refractivity contribution in [3.05, 3.63) is 34.9 Å². The maximum absolute atomic E-state index is 10.7. The van der Waals surface area contributed by atoms with Crippen molar-refractivity contribution in [1.29, 1.82) is 0 Å². The number of hydrogen-bond acceptors (Lipinski definition) is 3. The highest BCUT2D eigenvalue weighted by Crippen LogP contribution is 2.31. The fourth-order valence-corrected chi connectivity index (χ4v) is 3.01. The Morgan fingerprint density at radius 1 is 1.42 bits per heavy atom. The maximum atomic E-state index is 10.7. The van der Waals surface area contributed by atoms with Crippen LogP contribution in [0.4, 0.5) is 0 Å². The lowest BCUT2D eigenvalue weighted by molar-refractivity contribution is -0.137. The largest absolute Gasteiger partial charge is 0.494 e. The van der Waals surface area contributed by atoms with E-state index in [4.69, 9.17) is 9.84 Å². The number of carboxylic acid groups (broad SMARTS) is 1. The lowest BCUT2D eigenvalue weighted by Crippen LogP contribution is -2.27. The van der Waals surface area contributed by atoms with E-state index in [-0.39, 0.29) is 6.42 Å². The number of aliphatic carboxylic acids is 1. The Bertz CT molecular complexity index is 595. The molecule has 0 unspecified atom stereocenters. The molecule has 1 N–H and O–H groups in total. The predicted molar refractivity (Wildman–Crippen MR) is 97.4 cm³/mol. The summed E-state index contributed by atoms with van der Waals surface area (Å²) in [6.45, 7) is 6.58. The number of hydrogen-bond donors (Lipinski definition) is 1. The minimum absolute atomic E-state index is 0.188. The van der Waals surface area contributed by atoms with E-state index in [0.717, 1.165) is 38.2 Å². The predicted octanol–water partition coefficient (Wildman–Crippen LogP) is 3.85. The van der Waals surface area contributed by atoms with Crippen LogP contribution in [-0.2, 0) is 11.2 Å². The van der Waals surface area contributed by atoms with Crippen molar-refractivity contribution < 1.29 is 14.6 Å². The Hall–Kier alpha value is -1.81. The SMILES string of the molecule is CCCCOc1ccc2c(c1)C[C@H](C)C(CN(C)CCC(=O)O)=C2. The van der Waals surface area contributed by atoms with Gasteiger partial charge in [0, 0.05) is 13.1 Å². The number of unbranched alkanes of at least 4 members (excludes halogenated alkanes) is 1. The third kappa shape index (κ3) is 5.38. The molecule has 1 aliphatic rings. The molecule has 4 heteroatoms. The molecular weight excluding hydrogens is 302 g/mol. The van der Waals surface area contributed by atoms with E-state index in [2.05, 4.69) is 37.0 Å². The number of rotatable bonds is 9. The van der Waals surface area contributed by atoms with Crippen LogP contribution in [0.2, 0.25) is 0 Å². The minimum atomic E-state index is -0.742. The number of carbonyl (C=O) groups is 1. The summed E-state index contributed by atoms with van der Waals surface area (Å²) in [7, 11) is 1.98. The van der Waals surface area contributed by atoms with Crippen LogP contribution in [-0.4, -0.2) is 42.7 Å². The number of fused-ring (bicyclic) bond motifs is 1. The first-order valence-corrected chi connectivity index (χ1v) is 8.86. The molecule has 1 aromatic carbocycles.